The Morgan fingerprint density at radius 1 is 1.10 bits per heavy atom. The summed E-state index contributed by atoms with van der Waals surface area (Å²) in [5, 5.41) is 12.7. The Bertz CT molecular complexity index is 1670. The van der Waals surface area contributed by atoms with Crippen LogP contribution in [0.1, 0.15) is 34.8 Å². The van der Waals surface area contributed by atoms with E-state index in [1.54, 1.807) is 18.2 Å². The molecule has 1 atom stereocenters. The number of hydrogen-bond acceptors (Lipinski definition) is 7. The first-order valence-electron chi connectivity index (χ1n) is 13.5. The standard InChI is InChI=1S/C30H32N6O4/c1-19(28-32-22-10-8-21(37)18-24(22)33-28)29-34-23-9-7-20(17-26(23)35(29)2)30(38)31-11-14-40-27-6-4-3-5-25(27)36-12-15-39-16-13-36/h3-10,17-19,37H,11-16H2,1-2H3,(H,31,38)(H,32,33). The van der Waals surface area contributed by atoms with Crippen LogP contribution in [0, 0.1) is 0 Å². The summed E-state index contributed by atoms with van der Waals surface area (Å²) in [6.07, 6.45) is 0. The number of para-hydroxylation sites is 2. The maximum absolute atomic E-state index is 13.0. The zero-order valence-electron chi connectivity index (χ0n) is 22.6. The van der Waals surface area contributed by atoms with Crippen molar-refractivity contribution in [2.75, 3.05) is 44.4 Å². The summed E-state index contributed by atoms with van der Waals surface area (Å²) in [7, 11) is 1.94. The largest absolute Gasteiger partial charge is 0.508 e. The van der Waals surface area contributed by atoms with Gasteiger partial charge in [0.05, 0.1) is 53.4 Å². The summed E-state index contributed by atoms with van der Waals surface area (Å²) in [5.74, 6) is 2.27. The van der Waals surface area contributed by atoms with E-state index in [4.69, 9.17) is 14.5 Å². The molecule has 0 saturated carbocycles. The molecule has 3 N–H and O–H groups in total. The average Bonchev–Trinajstić information content (AvgIpc) is 3.56. The van der Waals surface area contributed by atoms with Crippen LogP contribution in [0.15, 0.2) is 60.7 Å². The van der Waals surface area contributed by atoms with E-state index in [2.05, 4.69) is 26.3 Å². The third-order valence-corrected chi connectivity index (χ3v) is 7.32. The second kappa shape index (κ2) is 10.9. The minimum Gasteiger partial charge on any atom is -0.508 e. The number of phenolic OH excluding ortho intramolecular Hbond substituents is 1. The van der Waals surface area contributed by atoms with Crippen molar-refractivity contribution in [3.05, 3.63) is 77.9 Å². The number of phenols is 1. The van der Waals surface area contributed by atoms with Crippen LogP contribution >= 0.6 is 0 Å². The summed E-state index contributed by atoms with van der Waals surface area (Å²) < 4.78 is 13.5. The van der Waals surface area contributed by atoms with E-state index in [9.17, 15) is 9.90 Å². The first-order chi connectivity index (χ1) is 19.5. The fourth-order valence-electron chi connectivity index (χ4n) is 5.15. The Balaban J connectivity index is 1.11. The molecule has 206 valence electrons. The quantitative estimate of drug-likeness (QED) is 0.255. The molecule has 1 saturated heterocycles. The molecule has 40 heavy (non-hydrogen) atoms. The number of amides is 1. The highest BCUT2D eigenvalue weighted by molar-refractivity contribution is 5.97. The number of imidazole rings is 2. The van der Waals surface area contributed by atoms with E-state index >= 15 is 0 Å². The first kappa shape index (κ1) is 25.7. The van der Waals surface area contributed by atoms with Crippen LogP contribution in [0.2, 0.25) is 0 Å². The predicted octanol–water partition coefficient (Wildman–Crippen LogP) is 3.95. The molecule has 10 nitrogen and oxygen atoms in total. The van der Waals surface area contributed by atoms with Crippen LogP contribution in [0.4, 0.5) is 5.69 Å². The van der Waals surface area contributed by atoms with E-state index in [0.717, 1.165) is 52.7 Å². The molecule has 1 fully saturated rings. The highest BCUT2D eigenvalue weighted by Gasteiger charge is 2.21. The van der Waals surface area contributed by atoms with Gasteiger partial charge in [0.2, 0.25) is 0 Å². The number of aromatic hydroxyl groups is 1. The zero-order valence-corrected chi connectivity index (χ0v) is 22.6. The maximum atomic E-state index is 13.0. The van der Waals surface area contributed by atoms with Crippen molar-refractivity contribution in [3.63, 3.8) is 0 Å². The molecule has 1 aliphatic rings. The number of nitrogens with one attached hydrogen (secondary N) is 2. The number of rotatable bonds is 8. The second-order valence-corrected chi connectivity index (χ2v) is 9.95. The second-order valence-electron chi connectivity index (χ2n) is 9.95. The van der Waals surface area contributed by atoms with Crippen LogP contribution in [-0.2, 0) is 11.8 Å². The number of H-pyrrole nitrogens is 1. The van der Waals surface area contributed by atoms with Gasteiger partial charge in [-0.25, -0.2) is 9.97 Å². The lowest BCUT2D eigenvalue weighted by atomic mass is 10.1. The number of aromatic nitrogens is 4. The minimum absolute atomic E-state index is 0.123. The minimum atomic E-state index is -0.167. The van der Waals surface area contributed by atoms with Gasteiger partial charge in [-0.2, -0.15) is 0 Å². The number of carbonyl (C=O) groups excluding carboxylic acids is 1. The average molecular weight is 541 g/mol. The van der Waals surface area contributed by atoms with Crippen LogP contribution in [0.3, 0.4) is 0 Å². The number of nitrogens with zero attached hydrogens (tertiary/aromatic N) is 4. The van der Waals surface area contributed by atoms with Gasteiger partial charge in [-0.05, 0) is 49.4 Å². The molecular formula is C30H32N6O4. The third kappa shape index (κ3) is 5.05. The van der Waals surface area contributed by atoms with E-state index in [1.165, 1.54) is 0 Å². The number of carbonyl (C=O) groups is 1. The van der Waals surface area contributed by atoms with Gasteiger partial charge in [-0.15, -0.1) is 0 Å². The summed E-state index contributed by atoms with van der Waals surface area (Å²) in [5.41, 5.74) is 4.82. The van der Waals surface area contributed by atoms with Crippen LogP contribution < -0.4 is 15.0 Å². The summed E-state index contributed by atoms with van der Waals surface area (Å²) in [6.45, 7) is 5.84. The lowest BCUT2D eigenvalue weighted by molar-refractivity contribution is 0.0947. The molecule has 5 aromatic rings. The van der Waals surface area contributed by atoms with Gasteiger partial charge in [-0.1, -0.05) is 12.1 Å². The number of fused-ring (bicyclic) bond motifs is 2. The van der Waals surface area contributed by atoms with Gasteiger partial charge in [-0.3, -0.25) is 4.79 Å². The van der Waals surface area contributed by atoms with Gasteiger partial charge in [0, 0.05) is 31.8 Å². The summed E-state index contributed by atoms with van der Waals surface area (Å²) in [4.78, 5) is 28.0. The zero-order chi connectivity index (χ0) is 27.6. The molecule has 1 aliphatic heterocycles. The molecule has 0 bridgehead atoms. The van der Waals surface area contributed by atoms with E-state index in [-0.39, 0.29) is 17.6 Å². The van der Waals surface area contributed by atoms with E-state index in [0.29, 0.717) is 37.4 Å². The number of benzene rings is 3. The number of aryl methyl sites for hydroxylation is 1. The fourth-order valence-corrected chi connectivity index (χ4v) is 5.15. The van der Waals surface area contributed by atoms with Gasteiger partial charge >= 0.3 is 0 Å². The molecule has 0 aliphatic carbocycles. The number of morpholine rings is 1. The molecule has 1 amide bonds. The lowest BCUT2D eigenvalue weighted by Gasteiger charge is -2.30. The van der Waals surface area contributed by atoms with E-state index < -0.39 is 0 Å². The predicted molar refractivity (Wildman–Crippen MR) is 153 cm³/mol. The highest BCUT2D eigenvalue weighted by atomic mass is 16.5. The fraction of sp³-hybridized carbons (Fsp3) is 0.300. The smallest absolute Gasteiger partial charge is 0.251 e. The van der Waals surface area contributed by atoms with Gasteiger partial charge in [0.1, 0.15) is 29.8 Å². The highest BCUT2D eigenvalue weighted by Crippen LogP contribution is 2.29. The van der Waals surface area contributed by atoms with E-state index in [1.807, 2.05) is 54.9 Å². The van der Waals surface area contributed by atoms with Gasteiger partial charge in [0.25, 0.3) is 5.91 Å². The first-order valence-corrected chi connectivity index (χ1v) is 13.5. The van der Waals surface area contributed by atoms with Crippen LogP contribution in [-0.4, -0.2) is 70.0 Å². The van der Waals surface area contributed by atoms with Crippen molar-refractivity contribution in [3.8, 4) is 11.5 Å². The molecule has 2 aromatic heterocycles. The van der Waals surface area contributed by atoms with Crippen molar-refractivity contribution in [2.45, 2.75) is 12.8 Å². The van der Waals surface area contributed by atoms with Gasteiger partial charge < -0.3 is 34.3 Å². The number of hydrogen-bond donors (Lipinski definition) is 3. The molecule has 6 rings (SSSR count). The van der Waals surface area contributed by atoms with Crippen molar-refractivity contribution in [1.29, 1.82) is 0 Å². The maximum Gasteiger partial charge on any atom is 0.251 e. The molecule has 3 heterocycles. The van der Waals surface area contributed by atoms with Crippen molar-refractivity contribution >= 4 is 33.7 Å². The summed E-state index contributed by atoms with van der Waals surface area (Å²) >= 11 is 0. The van der Waals surface area contributed by atoms with Crippen molar-refractivity contribution in [2.24, 2.45) is 7.05 Å². The van der Waals surface area contributed by atoms with Crippen molar-refractivity contribution in [1.82, 2.24) is 24.8 Å². The molecule has 1 unspecified atom stereocenters. The van der Waals surface area contributed by atoms with Crippen molar-refractivity contribution < 1.29 is 19.4 Å². The normalized spacial score (nSPS) is 14.5. The van der Waals surface area contributed by atoms with Crippen LogP contribution in [0.5, 0.6) is 11.5 Å². The molecule has 0 radical (unpaired) electrons. The SMILES string of the molecule is CC(c1nc2cc(O)ccc2[nH]1)c1nc2ccc(C(=O)NCCOc3ccccc3N3CCOCC3)cc2n1C. The topological polar surface area (TPSA) is 118 Å². The Hall–Kier alpha value is -4.57. The molecule has 10 heteroatoms. The Kier molecular flexibility index (Phi) is 7.00. The Labute approximate surface area is 231 Å². The molecular weight excluding hydrogens is 508 g/mol. The third-order valence-electron chi connectivity index (χ3n) is 7.32. The number of anilines is 1. The van der Waals surface area contributed by atoms with Gasteiger partial charge in [0.15, 0.2) is 0 Å². The number of ether oxygens (including phenoxy) is 2. The Morgan fingerprint density at radius 2 is 1.93 bits per heavy atom. The lowest BCUT2D eigenvalue weighted by Crippen LogP contribution is -2.36. The Morgan fingerprint density at radius 3 is 2.77 bits per heavy atom. The number of aromatic amines is 1. The molecule has 0 spiro atoms. The summed E-state index contributed by atoms with van der Waals surface area (Å²) in [6, 6.07) is 18.6. The van der Waals surface area contributed by atoms with Crippen LogP contribution in [0.25, 0.3) is 22.1 Å². The monoisotopic (exact) mass is 540 g/mol. The molecule has 3 aromatic carbocycles.